The van der Waals surface area contributed by atoms with E-state index in [1.54, 1.807) is 20.1 Å². The summed E-state index contributed by atoms with van der Waals surface area (Å²) in [5.74, 6) is 2.47. The second-order valence-electron chi connectivity index (χ2n) is 12.4. The van der Waals surface area contributed by atoms with Crippen LogP contribution in [0.25, 0.3) is 0 Å². The smallest absolute Gasteiger partial charge is 0.186 e. The van der Waals surface area contributed by atoms with E-state index >= 15 is 0 Å². The minimum absolute atomic E-state index is 0.0000578. The number of aryl methyl sites for hydroxylation is 1. The van der Waals surface area contributed by atoms with Crippen LogP contribution < -0.4 is 5.73 Å². The van der Waals surface area contributed by atoms with Gasteiger partial charge in [0.2, 0.25) is 0 Å². The number of allylic oxidation sites excluding steroid dienone is 3. The molecule has 1 saturated heterocycles. The molecule has 0 saturated carbocycles. The zero-order valence-corrected chi connectivity index (χ0v) is 30.3. The first-order valence-corrected chi connectivity index (χ1v) is 17.4. The third kappa shape index (κ3) is 10.2. The molecule has 10 heteroatoms. The van der Waals surface area contributed by atoms with E-state index in [-0.39, 0.29) is 11.6 Å². The number of thioether (sulfide) groups is 1. The number of halogens is 1. The molecule has 0 radical (unpaired) electrons. The Hall–Kier alpha value is -2.66. The minimum Gasteiger partial charge on any atom is -0.382 e. The van der Waals surface area contributed by atoms with Crippen molar-refractivity contribution in [3.05, 3.63) is 68.6 Å². The van der Waals surface area contributed by atoms with Crippen LogP contribution in [0, 0.1) is 12.3 Å². The molecule has 4 rings (SSSR count). The van der Waals surface area contributed by atoms with E-state index in [0.717, 1.165) is 47.6 Å². The Kier molecular flexibility index (Phi) is 13.7. The number of carbonyl (C=O) groups excluding carboxylic acids is 2. The lowest BCUT2D eigenvalue weighted by atomic mass is 9.72. The Bertz CT molecular complexity index is 1450. The van der Waals surface area contributed by atoms with Crippen LogP contribution in [-0.4, -0.2) is 69.5 Å². The van der Waals surface area contributed by atoms with Gasteiger partial charge >= 0.3 is 0 Å². The molecule has 2 N–H and O–H groups in total. The SMILES string of the molecule is CC1=C(C)C(=O)C(C(C)(C)CN(CCSCC2CCC(C)O2)Cc2cccc(Br)c2)=C(C)C1=O.CC=Nc1c(C)ncnc1N. The third-order valence-electron chi connectivity index (χ3n) is 8.24. The normalized spacial score (nSPS) is 19.2. The number of anilines is 1. The largest absolute Gasteiger partial charge is 0.382 e. The molecule has 2 heterocycles. The molecule has 244 valence electrons. The van der Waals surface area contributed by atoms with Crippen LogP contribution in [0.2, 0.25) is 0 Å². The third-order valence-corrected chi connectivity index (χ3v) is 9.82. The fraction of sp³-hybridized carbons (Fsp3) is 0.514. The van der Waals surface area contributed by atoms with E-state index in [2.05, 4.69) is 74.8 Å². The van der Waals surface area contributed by atoms with Crippen molar-refractivity contribution in [2.75, 3.05) is 30.3 Å². The summed E-state index contributed by atoms with van der Waals surface area (Å²) in [5, 5.41) is 0. The highest BCUT2D eigenvalue weighted by Gasteiger charge is 2.38. The Labute approximate surface area is 281 Å². The molecule has 2 atom stereocenters. The van der Waals surface area contributed by atoms with Crippen LogP contribution in [0.1, 0.15) is 72.6 Å². The van der Waals surface area contributed by atoms with Gasteiger partial charge in [0.25, 0.3) is 0 Å². The summed E-state index contributed by atoms with van der Waals surface area (Å²) < 4.78 is 7.03. The first-order valence-electron chi connectivity index (χ1n) is 15.5. The maximum atomic E-state index is 13.2. The first-order chi connectivity index (χ1) is 21.2. The predicted molar refractivity (Wildman–Crippen MR) is 190 cm³/mol. The number of aliphatic imine (C=N–C) groups is 1. The number of nitrogens with zero attached hydrogens (tertiary/aromatic N) is 4. The van der Waals surface area contributed by atoms with Crippen molar-refractivity contribution >= 4 is 57.0 Å². The molecule has 45 heavy (non-hydrogen) atoms. The van der Waals surface area contributed by atoms with E-state index in [4.69, 9.17) is 10.5 Å². The zero-order valence-electron chi connectivity index (χ0n) is 27.9. The van der Waals surface area contributed by atoms with Crippen molar-refractivity contribution in [1.29, 1.82) is 0 Å². The van der Waals surface area contributed by atoms with Crippen molar-refractivity contribution in [2.45, 2.75) is 87.0 Å². The zero-order chi connectivity index (χ0) is 33.3. The highest BCUT2D eigenvalue weighted by molar-refractivity contribution is 9.10. The summed E-state index contributed by atoms with van der Waals surface area (Å²) in [6.07, 6.45) is 6.16. The van der Waals surface area contributed by atoms with Gasteiger partial charge in [-0.05, 0) is 72.1 Å². The van der Waals surface area contributed by atoms with Crippen LogP contribution in [0.4, 0.5) is 11.5 Å². The second-order valence-corrected chi connectivity index (χ2v) is 14.5. The number of rotatable bonds is 11. The van der Waals surface area contributed by atoms with Gasteiger partial charge in [0.05, 0.1) is 17.9 Å². The summed E-state index contributed by atoms with van der Waals surface area (Å²) in [7, 11) is 0. The molecule has 2 aromatic rings. The Balaban J connectivity index is 0.000000423. The number of ether oxygens (including phenoxy) is 1. The number of ketones is 2. The van der Waals surface area contributed by atoms with Gasteiger partial charge in [-0.25, -0.2) is 9.97 Å². The molecule has 0 bridgehead atoms. The van der Waals surface area contributed by atoms with Crippen molar-refractivity contribution in [1.82, 2.24) is 14.9 Å². The Morgan fingerprint density at radius 1 is 1.11 bits per heavy atom. The number of carbonyl (C=O) groups is 2. The quantitative estimate of drug-likeness (QED) is 0.146. The molecular weight excluding hydrogens is 650 g/mol. The van der Waals surface area contributed by atoms with E-state index in [1.165, 1.54) is 11.9 Å². The highest BCUT2D eigenvalue weighted by atomic mass is 79.9. The average Bonchev–Trinajstić information content (AvgIpc) is 3.40. The Morgan fingerprint density at radius 2 is 1.82 bits per heavy atom. The van der Waals surface area contributed by atoms with Gasteiger partial charge < -0.3 is 10.5 Å². The number of nitrogens with two attached hydrogens (primary N) is 1. The number of aromatic nitrogens is 2. The lowest BCUT2D eigenvalue weighted by Gasteiger charge is -2.36. The number of nitrogen functional groups attached to an aromatic ring is 1. The molecule has 1 fully saturated rings. The highest BCUT2D eigenvalue weighted by Crippen LogP contribution is 2.37. The van der Waals surface area contributed by atoms with Gasteiger partial charge in [-0.1, -0.05) is 41.9 Å². The van der Waals surface area contributed by atoms with E-state index in [0.29, 0.717) is 52.6 Å². The fourth-order valence-electron chi connectivity index (χ4n) is 5.84. The molecule has 1 aromatic heterocycles. The molecule has 8 nitrogen and oxygen atoms in total. The van der Waals surface area contributed by atoms with Crippen LogP contribution in [-0.2, 0) is 20.9 Å². The number of hydrogen-bond donors (Lipinski definition) is 1. The van der Waals surface area contributed by atoms with Crippen molar-refractivity contribution in [3.8, 4) is 0 Å². The van der Waals surface area contributed by atoms with Gasteiger partial charge in [0, 0.05) is 69.5 Å². The van der Waals surface area contributed by atoms with Crippen molar-refractivity contribution in [3.63, 3.8) is 0 Å². The van der Waals surface area contributed by atoms with Crippen LogP contribution in [0.5, 0.6) is 0 Å². The molecule has 1 aliphatic carbocycles. The van der Waals surface area contributed by atoms with E-state index < -0.39 is 5.41 Å². The lowest BCUT2D eigenvalue weighted by Crippen LogP contribution is -2.40. The summed E-state index contributed by atoms with van der Waals surface area (Å²) >= 11 is 5.53. The molecule has 2 aliphatic rings. The summed E-state index contributed by atoms with van der Waals surface area (Å²) in [4.78, 5) is 40.3. The van der Waals surface area contributed by atoms with Crippen LogP contribution in [0.3, 0.4) is 0 Å². The molecule has 1 aliphatic heterocycles. The van der Waals surface area contributed by atoms with Crippen molar-refractivity contribution in [2.24, 2.45) is 10.4 Å². The average molecular weight is 699 g/mol. The molecular formula is C35H48BrN5O3S. The van der Waals surface area contributed by atoms with Gasteiger partial charge in [0.15, 0.2) is 17.4 Å². The maximum Gasteiger partial charge on any atom is 0.186 e. The predicted octanol–water partition coefficient (Wildman–Crippen LogP) is 7.47. The minimum atomic E-state index is -0.445. The van der Waals surface area contributed by atoms with E-state index in [1.807, 2.05) is 38.6 Å². The molecule has 0 amide bonds. The Morgan fingerprint density at radius 3 is 2.44 bits per heavy atom. The fourth-order valence-corrected chi connectivity index (χ4v) is 7.35. The van der Waals surface area contributed by atoms with Crippen molar-refractivity contribution < 1.29 is 14.3 Å². The maximum absolute atomic E-state index is 13.2. The summed E-state index contributed by atoms with van der Waals surface area (Å²) in [6, 6.07) is 8.38. The number of hydrogen-bond acceptors (Lipinski definition) is 9. The number of benzene rings is 1. The monoisotopic (exact) mass is 697 g/mol. The van der Waals surface area contributed by atoms with Gasteiger partial charge in [-0.2, -0.15) is 11.8 Å². The van der Waals surface area contributed by atoms with Crippen LogP contribution >= 0.6 is 27.7 Å². The van der Waals surface area contributed by atoms with Gasteiger partial charge in [0.1, 0.15) is 12.0 Å². The van der Waals surface area contributed by atoms with Gasteiger partial charge in [-0.3, -0.25) is 19.5 Å². The summed E-state index contributed by atoms with van der Waals surface area (Å²) in [6.45, 7) is 17.8. The van der Waals surface area contributed by atoms with Crippen LogP contribution in [0.15, 0.2) is 62.4 Å². The topological polar surface area (TPSA) is 111 Å². The second kappa shape index (κ2) is 16.8. The van der Waals surface area contributed by atoms with Gasteiger partial charge in [-0.15, -0.1) is 0 Å². The molecule has 2 unspecified atom stereocenters. The standard InChI is InChI=1S/C28H38BrNO3S.C7H10N4/c1-18-10-11-24(33-18)16-34-13-12-30(15-22-8-7-9-23(29)14-22)17-28(5,6)25-21(4)26(31)19(2)20(3)27(25)32;1-3-9-6-5(2)10-4-11-7(6)8/h7-9,14,18,24H,10-13,15-17H2,1-6H3;3-4H,1-2H3,(H2,8,10,11). The molecule has 1 aromatic carbocycles. The first kappa shape index (κ1) is 36.8. The summed E-state index contributed by atoms with van der Waals surface area (Å²) in [5.41, 5.74) is 10.2. The molecule has 0 spiro atoms. The van der Waals surface area contributed by atoms with E-state index in [9.17, 15) is 9.59 Å². The number of Topliss-reactive ketones (excluding diaryl/α,β-unsaturated/α-hetero) is 2. The lowest BCUT2D eigenvalue weighted by molar-refractivity contribution is -0.117.